The number of hydrogen-bond donors (Lipinski definition) is 0. The topological polar surface area (TPSA) is 17.8 Å². The minimum absolute atomic E-state index is 1.16. The predicted molar refractivity (Wildman–Crippen MR) is 54.2 cm³/mol. The van der Waals surface area contributed by atoms with Crippen molar-refractivity contribution in [1.82, 2.24) is 9.78 Å². The zero-order chi connectivity index (χ0) is 9.26. The van der Waals surface area contributed by atoms with Crippen LogP contribution in [0.4, 0.5) is 0 Å². The van der Waals surface area contributed by atoms with Gasteiger partial charge >= 0.3 is 0 Å². The van der Waals surface area contributed by atoms with Crippen LogP contribution in [0.1, 0.15) is 25.5 Å². The zero-order valence-electron chi connectivity index (χ0n) is 8.12. The van der Waals surface area contributed by atoms with Crippen LogP contribution in [0.2, 0.25) is 0 Å². The Balaban J connectivity index is 2.37. The summed E-state index contributed by atoms with van der Waals surface area (Å²) < 4.78 is 1.92. The molecular formula is C11H14N2. The smallest absolute Gasteiger partial charge is 0.0675 e. The molecule has 1 aromatic heterocycles. The maximum atomic E-state index is 4.16. The van der Waals surface area contributed by atoms with Crippen LogP contribution >= 0.6 is 0 Å². The summed E-state index contributed by atoms with van der Waals surface area (Å²) in [5.74, 6) is 0. The summed E-state index contributed by atoms with van der Waals surface area (Å²) in [5.41, 5.74) is 3.97. The van der Waals surface area contributed by atoms with Gasteiger partial charge in [0.25, 0.3) is 0 Å². The Kier molecular flexibility index (Phi) is 2.05. The van der Waals surface area contributed by atoms with E-state index in [1.54, 1.807) is 0 Å². The molecule has 1 aromatic rings. The third-order valence-corrected chi connectivity index (χ3v) is 2.42. The molecule has 1 aliphatic rings. The van der Waals surface area contributed by atoms with Gasteiger partial charge in [-0.15, -0.1) is 0 Å². The quantitative estimate of drug-likeness (QED) is 0.639. The summed E-state index contributed by atoms with van der Waals surface area (Å²) in [6, 6.07) is 2.06. The minimum atomic E-state index is 1.16. The molecule has 0 aromatic carbocycles. The molecule has 1 heterocycles. The van der Waals surface area contributed by atoms with E-state index >= 15 is 0 Å². The van der Waals surface area contributed by atoms with Crippen molar-refractivity contribution in [2.24, 2.45) is 7.05 Å². The lowest BCUT2D eigenvalue weighted by Gasteiger charge is -2.10. The molecule has 2 heteroatoms. The summed E-state index contributed by atoms with van der Waals surface area (Å²) in [6.45, 7) is 2.18. The maximum Gasteiger partial charge on any atom is 0.0675 e. The van der Waals surface area contributed by atoms with Gasteiger partial charge in [-0.25, -0.2) is 0 Å². The highest BCUT2D eigenvalue weighted by Gasteiger charge is 2.06. The number of aromatic nitrogens is 2. The first-order valence-electron chi connectivity index (χ1n) is 4.63. The highest BCUT2D eigenvalue weighted by atomic mass is 15.3. The molecule has 0 spiro atoms. The van der Waals surface area contributed by atoms with Crippen LogP contribution in [0.25, 0.3) is 5.57 Å². The molecule has 68 valence electrons. The lowest BCUT2D eigenvalue weighted by molar-refractivity contribution is 0.755. The molecule has 0 atom stereocenters. The van der Waals surface area contributed by atoms with Crippen LogP contribution in [-0.2, 0) is 7.05 Å². The molecule has 0 radical (unpaired) electrons. The Bertz CT molecular complexity index is 369. The Morgan fingerprint density at radius 3 is 2.92 bits per heavy atom. The van der Waals surface area contributed by atoms with E-state index in [-0.39, 0.29) is 0 Å². The molecule has 2 nitrogen and oxygen atoms in total. The van der Waals surface area contributed by atoms with Crippen molar-refractivity contribution in [2.45, 2.75) is 19.8 Å². The van der Waals surface area contributed by atoms with Crippen molar-refractivity contribution in [3.63, 3.8) is 0 Å². The van der Waals surface area contributed by atoms with Gasteiger partial charge < -0.3 is 0 Å². The molecule has 0 fully saturated rings. The molecule has 1 aliphatic carbocycles. The van der Waals surface area contributed by atoms with E-state index in [0.29, 0.717) is 0 Å². The summed E-state index contributed by atoms with van der Waals surface area (Å²) in [7, 11) is 1.98. The van der Waals surface area contributed by atoms with Crippen LogP contribution in [0.15, 0.2) is 30.0 Å². The lowest BCUT2D eigenvalue weighted by Crippen LogP contribution is -1.98. The van der Waals surface area contributed by atoms with Crippen molar-refractivity contribution in [2.75, 3.05) is 0 Å². The molecular weight excluding hydrogens is 160 g/mol. The van der Waals surface area contributed by atoms with Gasteiger partial charge in [-0.2, -0.15) is 5.10 Å². The van der Waals surface area contributed by atoms with Crippen LogP contribution in [0.5, 0.6) is 0 Å². The Morgan fingerprint density at radius 1 is 1.46 bits per heavy atom. The molecule has 0 aliphatic heterocycles. The van der Waals surface area contributed by atoms with E-state index in [0.717, 1.165) is 6.42 Å². The highest BCUT2D eigenvalue weighted by molar-refractivity contribution is 5.73. The third-order valence-electron chi connectivity index (χ3n) is 2.42. The van der Waals surface area contributed by atoms with E-state index < -0.39 is 0 Å². The fourth-order valence-electron chi connectivity index (χ4n) is 1.69. The third kappa shape index (κ3) is 1.57. The average Bonchev–Trinajstić information content (AvgIpc) is 2.51. The summed E-state index contributed by atoms with van der Waals surface area (Å²) in [5, 5.41) is 4.16. The predicted octanol–water partition coefficient (Wildman–Crippen LogP) is 2.54. The second-order valence-electron chi connectivity index (χ2n) is 3.53. The first-order valence-corrected chi connectivity index (χ1v) is 4.63. The van der Waals surface area contributed by atoms with Crippen LogP contribution in [-0.4, -0.2) is 9.78 Å². The normalized spacial score (nSPS) is 16.8. The van der Waals surface area contributed by atoms with Gasteiger partial charge in [-0.3, -0.25) is 4.68 Å². The first kappa shape index (κ1) is 8.30. The van der Waals surface area contributed by atoms with E-state index in [4.69, 9.17) is 0 Å². The number of rotatable bonds is 1. The molecule has 0 saturated carbocycles. The summed E-state index contributed by atoms with van der Waals surface area (Å²) >= 11 is 0. The van der Waals surface area contributed by atoms with E-state index in [1.165, 1.54) is 23.3 Å². The Morgan fingerprint density at radius 2 is 2.31 bits per heavy atom. The number of nitrogens with zero attached hydrogens (tertiary/aromatic N) is 2. The van der Waals surface area contributed by atoms with Crippen molar-refractivity contribution in [1.29, 1.82) is 0 Å². The van der Waals surface area contributed by atoms with Crippen LogP contribution in [0, 0.1) is 0 Å². The van der Waals surface area contributed by atoms with E-state index in [2.05, 4.69) is 30.2 Å². The SMILES string of the molecule is CC1=CC(c2ccnn2C)=CCC1. The van der Waals surface area contributed by atoms with Gasteiger partial charge in [0.2, 0.25) is 0 Å². The summed E-state index contributed by atoms with van der Waals surface area (Å²) in [6.07, 6.45) is 8.72. The van der Waals surface area contributed by atoms with Gasteiger partial charge in [-0.1, -0.05) is 17.7 Å². The Labute approximate surface area is 78.6 Å². The van der Waals surface area contributed by atoms with Crippen LogP contribution < -0.4 is 0 Å². The maximum absolute atomic E-state index is 4.16. The second kappa shape index (κ2) is 3.21. The summed E-state index contributed by atoms with van der Waals surface area (Å²) in [4.78, 5) is 0. The standard InChI is InChI=1S/C11H14N2/c1-9-4-3-5-10(8-9)11-6-7-12-13(11)2/h5-8H,3-4H2,1-2H3. The minimum Gasteiger partial charge on any atom is -0.268 e. The highest BCUT2D eigenvalue weighted by Crippen LogP contribution is 2.24. The van der Waals surface area contributed by atoms with Crippen molar-refractivity contribution in [3.05, 3.63) is 35.7 Å². The van der Waals surface area contributed by atoms with Crippen LogP contribution in [0.3, 0.4) is 0 Å². The number of hydrogen-bond acceptors (Lipinski definition) is 1. The van der Waals surface area contributed by atoms with Crippen molar-refractivity contribution < 1.29 is 0 Å². The molecule has 0 saturated heterocycles. The van der Waals surface area contributed by atoms with Crippen molar-refractivity contribution >= 4 is 5.57 Å². The monoisotopic (exact) mass is 174 g/mol. The van der Waals surface area contributed by atoms with E-state index in [9.17, 15) is 0 Å². The second-order valence-corrected chi connectivity index (χ2v) is 3.53. The molecule has 0 unspecified atom stereocenters. The van der Waals surface area contributed by atoms with Crippen molar-refractivity contribution in [3.8, 4) is 0 Å². The lowest BCUT2D eigenvalue weighted by atomic mass is 9.99. The fraction of sp³-hybridized carbons (Fsp3) is 0.364. The average molecular weight is 174 g/mol. The van der Waals surface area contributed by atoms with E-state index in [1.807, 2.05) is 17.9 Å². The molecule has 13 heavy (non-hydrogen) atoms. The van der Waals surface area contributed by atoms with Gasteiger partial charge in [0, 0.05) is 13.2 Å². The first-order chi connectivity index (χ1) is 6.27. The molecule has 2 rings (SSSR count). The number of aryl methyl sites for hydroxylation is 1. The molecule has 0 bridgehead atoms. The Hall–Kier alpha value is -1.31. The van der Waals surface area contributed by atoms with Gasteiger partial charge in [0.05, 0.1) is 5.69 Å². The molecule has 0 N–H and O–H groups in total. The zero-order valence-corrected chi connectivity index (χ0v) is 8.12. The van der Waals surface area contributed by atoms with Gasteiger partial charge in [-0.05, 0) is 31.4 Å². The fourth-order valence-corrected chi connectivity index (χ4v) is 1.69. The van der Waals surface area contributed by atoms with Gasteiger partial charge in [0.1, 0.15) is 0 Å². The largest absolute Gasteiger partial charge is 0.268 e. The number of allylic oxidation sites excluding steroid dienone is 4. The van der Waals surface area contributed by atoms with Gasteiger partial charge in [0.15, 0.2) is 0 Å². The molecule has 0 amide bonds.